The predicted molar refractivity (Wildman–Crippen MR) is 87.1 cm³/mol. The molecule has 0 aromatic heterocycles. The molecule has 0 radical (unpaired) electrons. The van der Waals surface area contributed by atoms with Crippen molar-refractivity contribution >= 4 is 16.1 Å². The summed E-state index contributed by atoms with van der Waals surface area (Å²) < 4.78 is 25.2. The van der Waals surface area contributed by atoms with Crippen LogP contribution < -0.4 is 10.0 Å². The Balaban J connectivity index is 1.73. The first-order chi connectivity index (χ1) is 10.4. The Bertz CT molecular complexity index is 516. The highest BCUT2D eigenvalue weighted by Crippen LogP contribution is 2.19. The summed E-state index contributed by atoms with van der Waals surface area (Å²) in [5.41, 5.74) is 1.45. The van der Waals surface area contributed by atoms with E-state index in [4.69, 9.17) is 0 Å². The Hall–Kier alpha value is -1.08. The van der Waals surface area contributed by atoms with Gasteiger partial charge in [0.05, 0.1) is 6.26 Å². The maximum Gasteiger partial charge on any atom is 0.317 e. The lowest BCUT2D eigenvalue weighted by atomic mass is 9.97. The fourth-order valence-electron chi connectivity index (χ4n) is 3.13. The molecule has 0 saturated carbocycles. The smallest absolute Gasteiger partial charge is 0.317 e. The van der Waals surface area contributed by atoms with Crippen LogP contribution in [0.25, 0.3) is 0 Å². The van der Waals surface area contributed by atoms with Crippen molar-refractivity contribution in [3.63, 3.8) is 0 Å². The third-order valence-corrected chi connectivity index (χ3v) is 4.96. The molecule has 126 valence electrons. The number of rotatable bonds is 5. The molecule has 0 bridgehead atoms. The van der Waals surface area contributed by atoms with Crippen LogP contribution in [0.15, 0.2) is 11.6 Å². The van der Waals surface area contributed by atoms with E-state index >= 15 is 0 Å². The van der Waals surface area contributed by atoms with E-state index in [1.165, 1.54) is 18.4 Å². The molecule has 1 atom stereocenters. The third kappa shape index (κ3) is 5.96. The second kappa shape index (κ2) is 7.97. The number of likely N-dealkylation sites (tertiary alicyclic amines) is 1. The van der Waals surface area contributed by atoms with Gasteiger partial charge in [-0.1, -0.05) is 11.6 Å². The second-order valence-electron chi connectivity index (χ2n) is 6.27. The van der Waals surface area contributed by atoms with Crippen molar-refractivity contribution in [2.45, 2.75) is 51.0 Å². The van der Waals surface area contributed by atoms with Crippen LogP contribution in [0.2, 0.25) is 0 Å². The number of piperidine rings is 1. The average Bonchev–Trinajstić information content (AvgIpc) is 2.47. The Morgan fingerprint density at radius 2 is 2.18 bits per heavy atom. The van der Waals surface area contributed by atoms with Crippen LogP contribution in [0.3, 0.4) is 0 Å². The van der Waals surface area contributed by atoms with Crippen LogP contribution >= 0.6 is 0 Å². The van der Waals surface area contributed by atoms with Gasteiger partial charge in [-0.05, 0) is 44.9 Å². The normalized spacial score (nSPS) is 23.0. The molecule has 0 aromatic rings. The van der Waals surface area contributed by atoms with E-state index in [-0.39, 0.29) is 12.1 Å². The summed E-state index contributed by atoms with van der Waals surface area (Å²) in [6.45, 7) is 1.80. The molecule has 0 spiro atoms. The second-order valence-corrected chi connectivity index (χ2v) is 8.05. The van der Waals surface area contributed by atoms with Crippen molar-refractivity contribution in [1.82, 2.24) is 14.9 Å². The molecule has 1 heterocycles. The molecule has 7 heteroatoms. The molecule has 2 amide bonds. The van der Waals surface area contributed by atoms with E-state index in [0.29, 0.717) is 19.6 Å². The van der Waals surface area contributed by atoms with Crippen LogP contribution in [-0.2, 0) is 10.0 Å². The SMILES string of the molecule is CS(=O)(=O)N[C@H]1CCCN(C(=O)NCCC2=CCCCC2)C1. The summed E-state index contributed by atoms with van der Waals surface area (Å²) in [5, 5.41) is 2.95. The van der Waals surface area contributed by atoms with Gasteiger partial charge in [-0.15, -0.1) is 0 Å². The van der Waals surface area contributed by atoms with E-state index in [0.717, 1.165) is 38.4 Å². The number of sulfonamides is 1. The minimum atomic E-state index is -3.22. The number of carbonyl (C=O) groups is 1. The number of carbonyl (C=O) groups excluding carboxylic acids is 1. The highest BCUT2D eigenvalue weighted by molar-refractivity contribution is 7.88. The first-order valence-electron chi connectivity index (χ1n) is 8.12. The minimum absolute atomic E-state index is 0.0867. The van der Waals surface area contributed by atoms with Gasteiger partial charge in [0.25, 0.3) is 0 Å². The van der Waals surface area contributed by atoms with E-state index in [2.05, 4.69) is 16.1 Å². The number of urea groups is 1. The summed E-state index contributed by atoms with van der Waals surface area (Å²) >= 11 is 0. The Kier molecular flexibility index (Phi) is 6.26. The lowest BCUT2D eigenvalue weighted by molar-refractivity contribution is 0.177. The van der Waals surface area contributed by atoms with E-state index in [1.54, 1.807) is 4.90 Å². The molecular weight excluding hydrogens is 302 g/mol. The first-order valence-corrected chi connectivity index (χ1v) is 10.0. The van der Waals surface area contributed by atoms with Crippen molar-refractivity contribution in [3.05, 3.63) is 11.6 Å². The van der Waals surface area contributed by atoms with Gasteiger partial charge < -0.3 is 10.2 Å². The predicted octanol–water partition coefficient (Wildman–Crippen LogP) is 1.60. The highest BCUT2D eigenvalue weighted by Gasteiger charge is 2.25. The minimum Gasteiger partial charge on any atom is -0.338 e. The van der Waals surface area contributed by atoms with E-state index < -0.39 is 10.0 Å². The number of allylic oxidation sites excluding steroid dienone is 1. The molecule has 1 saturated heterocycles. The summed E-state index contributed by atoms with van der Waals surface area (Å²) in [4.78, 5) is 13.9. The van der Waals surface area contributed by atoms with Crippen molar-refractivity contribution in [3.8, 4) is 0 Å². The quantitative estimate of drug-likeness (QED) is 0.752. The molecule has 0 aromatic carbocycles. The van der Waals surface area contributed by atoms with Gasteiger partial charge in [0.2, 0.25) is 10.0 Å². The lowest BCUT2D eigenvalue weighted by Gasteiger charge is -2.32. The molecule has 22 heavy (non-hydrogen) atoms. The third-order valence-electron chi connectivity index (χ3n) is 4.20. The van der Waals surface area contributed by atoms with Crippen molar-refractivity contribution < 1.29 is 13.2 Å². The topological polar surface area (TPSA) is 78.5 Å². The van der Waals surface area contributed by atoms with Crippen LogP contribution in [-0.4, -0.2) is 51.3 Å². The molecule has 1 fully saturated rings. The standard InChI is InChI=1S/C15H27N3O3S/c1-22(20,21)17-14-8-5-11-18(12-14)15(19)16-10-9-13-6-3-2-4-7-13/h6,14,17H,2-5,7-12H2,1H3,(H,16,19)/t14-/m0/s1. The van der Waals surface area contributed by atoms with E-state index in [9.17, 15) is 13.2 Å². The molecular formula is C15H27N3O3S. The molecule has 2 rings (SSSR count). The Morgan fingerprint density at radius 1 is 1.36 bits per heavy atom. The monoisotopic (exact) mass is 329 g/mol. The molecule has 2 aliphatic rings. The molecule has 6 nitrogen and oxygen atoms in total. The van der Waals surface area contributed by atoms with Gasteiger partial charge in [0, 0.05) is 25.7 Å². The van der Waals surface area contributed by atoms with Crippen LogP contribution in [0.5, 0.6) is 0 Å². The number of nitrogens with one attached hydrogen (secondary N) is 2. The fraction of sp³-hybridized carbons (Fsp3) is 0.800. The van der Waals surface area contributed by atoms with Gasteiger partial charge in [0.15, 0.2) is 0 Å². The Labute approximate surface area is 133 Å². The maximum absolute atomic E-state index is 12.2. The van der Waals surface area contributed by atoms with Crippen molar-refractivity contribution in [2.75, 3.05) is 25.9 Å². The van der Waals surface area contributed by atoms with Crippen LogP contribution in [0.4, 0.5) is 4.79 Å². The van der Waals surface area contributed by atoms with Crippen molar-refractivity contribution in [2.24, 2.45) is 0 Å². The van der Waals surface area contributed by atoms with Crippen LogP contribution in [0, 0.1) is 0 Å². The summed E-state index contributed by atoms with van der Waals surface area (Å²) in [6.07, 6.45) is 10.8. The molecule has 0 unspecified atom stereocenters. The number of hydrogen-bond acceptors (Lipinski definition) is 3. The zero-order valence-electron chi connectivity index (χ0n) is 13.3. The highest BCUT2D eigenvalue weighted by atomic mass is 32.2. The summed E-state index contributed by atoms with van der Waals surface area (Å²) in [7, 11) is -3.22. The fourth-order valence-corrected chi connectivity index (χ4v) is 3.93. The first kappa shape index (κ1) is 17.3. The number of hydrogen-bond donors (Lipinski definition) is 2. The van der Waals surface area contributed by atoms with E-state index in [1.807, 2.05) is 0 Å². The summed E-state index contributed by atoms with van der Waals surface area (Å²) in [6, 6.07) is -0.257. The van der Waals surface area contributed by atoms with Crippen LogP contribution in [0.1, 0.15) is 44.9 Å². The van der Waals surface area contributed by atoms with Gasteiger partial charge in [0.1, 0.15) is 0 Å². The molecule has 2 N–H and O–H groups in total. The Morgan fingerprint density at radius 3 is 2.86 bits per heavy atom. The number of nitrogens with zero attached hydrogens (tertiary/aromatic N) is 1. The van der Waals surface area contributed by atoms with Gasteiger partial charge in [-0.2, -0.15) is 0 Å². The largest absolute Gasteiger partial charge is 0.338 e. The maximum atomic E-state index is 12.2. The van der Waals surface area contributed by atoms with Gasteiger partial charge in [-0.25, -0.2) is 17.9 Å². The molecule has 1 aliphatic heterocycles. The zero-order valence-corrected chi connectivity index (χ0v) is 14.1. The zero-order chi connectivity index (χ0) is 16.0. The molecule has 1 aliphatic carbocycles. The van der Waals surface area contributed by atoms with Gasteiger partial charge >= 0.3 is 6.03 Å². The van der Waals surface area contributed by atoms with Crippen molar-refractivity contribution in [1.29, 1.82) is 0 Å². The lowest BCUT2D eigenvalue weighted by Crippen LogP contribution is -2.52. The number of amides is 2. The average molecular weight is 329 g/mol. The van der Waals surface area contributed by atoms with Gasteiger partial charge in [-0.3, -0.25) is 0 Å². The summed E-state index contributed by atoms with van der Waals surface area (Å²) in [5.74, 6) is 0.